The molecule has 2 aromatic rings. The van der Waals surface area contributed by atoms with E-state index in [9.17, 15) is 30.0 Å². The number of hydrogen-bond acceptors (Lipinski definition) is 6. The van der Waals surface area contributed by atoms with Gasteiger partial charge in [0.15, 0.2) is 0 Å². The van der Waals surface area contributed by atoms with E-state index in [0.717, 1.165) is 99.3 Å². The van der Waals surface area contributed by atoms with Gasteiger partial charge in [-0.25, -0.2) is 9.59 Å². The fraction of sp³-hybridized carbons (Fsp3) is 0.549. The van der Waals surface area contributed by atoms with Gasteiger partial charge in [0.05, 0.1) is 0 Å². The molecule has 4 rings (SSSR count). The zero-order valence-corrected chi connectivity index (χ0v) is 43.0. The number of phenols is 2. The third-order valence-electron chi connectivity index (χ3n) is 10.3. The fourth-order valence-electron chi connectivity index (χ4n) is 7.62. The third-order valence-corrected chi connectivity index (χ3v) is 10.3. The van der Waals surface area contributed by atoms with Crippen molar-refractivity contribution in [3.05, 3.63) is 113 Å². The number of aromatic hydroxyl groups is 2. The van der Waals surface area contributed by atoms with Gasteiger partial charge in [-0.3, -0.25) is 0 Å². The molecule has 63 heavy (non-hydrogen) atoms. The first-order chi connectivity index (χ1) is 29.1. The predicted octanol–water partition coefficient (Wildman–Crippen LogP) is 16.4. The summed E-state index contributed by atoms with van der Waals surface area (Å²) in [6, 6.07) is 7.22. The average Bonchev–Trinajstić information content (AvgIpc) is 3.15. The minimum atomic E-state index is -1.36. The van der Waals surface area contributed by atoms with Gasteiger partial charge >= 0.3 is 40.5 Å². The zero-order chi connectivity index (χ0) is 47.7. The maximum absolute atomic E-state index is 11.2. The topological polar surface area (TPSA) is 181 Å². The van der Waals surface area contributed by atoms with E-state index in [1.54, 1.807) is 43.0 Å². The zero-order valence-electron chi connectivity index (χ0n) is 39.9. The number of ether oxygens (including phenoxy) is 2. The normalized spacial score (nSPS) is 17.5. The molecule has 361 valence electrons. The second-order valence-corrected chi connectivity index (χ2v) is 17.1. The number of unbranched alkanes of at least 4 members (excludes halogenated alkanes) is 4. The number of hydrogen-bond donors (Lipinski definition) is 4. The van der Waals surface area contributed by atoms with Crippen molar-refractivity contribution in [2.45, 2.75) is 170 Å². The van der Waals surface area contributed by atoms with Crippen LogP contribution in [-0.4, -0.2) is 44.8 Å². The summed E-state index contributed by atoms with van der Waals surface area (Å²) in [5, 5.41) is 39.8. The quantitative estimate of drug-likeness (QED) is 0.0474. The van der Waals surface area contributed by atoms with Gasteiger partial charge in [-0.2, -0.15) is 0 Å². The molecule has 0 amide bonds. The molecule has 0 aromatic heterocycles. The molecule has 0 spiro atoms. The monoisotopic (exact) mass is 1080 g/mol. The van der Waals surface area contributed by atoms with E-state index in [2.05, 4.69) is 62.4 Å². The summed E-state index contributed by atoms with van der Waals surface area (Å²) in [7, 11) is 4.61. The summed E-state index contributed by atoms with van der Waals surface area (Å²) in [6.45, 7) is 27.9. The van der Waals surface area contributed by atoms with Crippen molar-refractivity contribution in [3.8, 4) is 23.0 Å². The summed E-state index contributed by atoms with van der Waals surface area (Å²) in [6.07, 6.45) is 13.3. The molecule has 0 aliphatic heterocycles. The molecule has 10 nitrogen and oxygen atoms in total. The van der Waals surface area contributed by atoms with Gasteiger partial charge in [-0.1, -0.05) is 115 Å². The maximum atomic E-state index is 11.2. The van der Waals surface area contributed by atoms with Gasteiger partial charge in [-0.15, -0.1) is 12.1 Å². The van der Waals surface area contributed by atoms with Gasteiger partial charge < -0.3 is 48.8 Å². The molecule has 6 N–H and O–H groups in total. The van der Waals surface area contributed by atoms with Crippen LogP contribution in [0.2, 0.25) is 0 Å². The fourth-order valence-corrected chi connectivity index (χ4v) is 7.62. The second-order valence-electron chi connectivity index (χ2n) is 17.1. The van der Waals surface area contributed by atoms with Crippen molar-refractivity contribution in [1.29, 1.82) is 0 Å². The first-order valence-corrected chi connectivity index (χ1v) is 24.7. The molecular weight excluding hydrogens is 999 g/mol. The van der Waals surface area contributed by atoms with E-state index < -0.39 is 12.3 Å². The van der Waals surface area contributed by atoms with E-state index in [0.29, 0.717) is 11.1 Å². The Hall–Kier alpha value is -3.56. The number of phenolic OH excluding ortho intramolecular Hbond substituents is 2. The number of carbonyl (C=O) groups is 2. The molecule has 2 aliphatic rings. The van der Waals surface area contributed by atoms with E-state index in [1.807, 2.05) is 41.5 Å². The molecule has 0 fully saturated rings. The number of aryl methyl sites for hydroxylation is 2. The number of carboxylic acid groups (broad SMARTS) is 2. The van der Waals surface area contributed by atoms with Crippen molar-refractivity contribution in [1.82, 2.24) is 0 Å². The third kappa shape index (κ3) is 23.8. The molecule has 0 saturated carbocycles. The van der Waals surface area contributed by atoms with Gasteiger partial charge in [0.2, 0.25) is 0 Å². The van der Waals surface area contributed by atoms with Crippen LogP contribution in [-0.2, 0) is 31.6 Å². The standard InChI is InChI=1S/2C22H30O4.2C3H8N.CH3.ClH.Pt/c2*1-5-6-7-8-16-12-19(23)21(20(13-16)26-22(24)25)18-11-15(4)9-10-17(18)14(2)3;2*1-3(2)4;;;/h2*11-13,17-18,23H,2,5-10H2,1,3-4H3,(H,24,25);2*3-4H,1-2H3;1H3;1H;/q;;3*-1;;+1/p-1. The van der Waals surface area contributed by atoms with Crippen molar-refractivity contribution in [3.63, 3.8) is 0 Å². The number of benzene rings is 2. The van der Waals surface area contributed by atoms with Crippen molar-refractivity contribution >= 4 is 21.7 Å². The molecule has 0 radical (unpaired) electrons. The molecule has 4 unspecified atom stereocenters. The van der Waals surface area contributed by atoms with Crippen molar-refractivity contribution < 1.29 is 58.3 Å². The Morgan fingerprint density at radius 3 is 1.25 bits per heavy atom. The van der Waals surface area contributed by atoms with Crippen LogP contribution >= 0.6 is 9.42 Å². The van der Waals surface area contributed by atoms with Crippen molar-refractivity contribution in [2.75, 3.05) is 0 Å². The molecule has 0 bridgehead atoms. The van der Waals surface area contributed by atoms with Crippen LogP contribution in [0.25, 0.3) is 11.5 Å². The molecule has 2 aliphatic carbocycles. The van der Waals surface area contributed by atoms with E-state index >= 15 is 0 Å². The summed E-state index contributed by atoms with van der Waals surface area (Å²) in [5.74, 6) is 0.770. The SMILES string of the molecule is C=C(C)C1CCC(C)=CC1c1c(O)cc(CCCCC)cc1OC(=O)O.C=C(C)C1CCC(C)=CC1c1c(O)cc(CCCCC)cc1OC(=O)O.CC(C)[NH-].CC(C)[NH-].[CH3-].[Cl][Pt]. The second kappa shape index (κ2) is 33.0. The summed E-state index contributed by atoms with van der Waals surface area (Å²) in [4.78, 5) is 22.5. The number of allylic oxidation sites excluding steroid dienone is 6. The van der Waals surface area contributed by atoms with Crippen LogP contribution in [0, 0.1) is 19.3 Å². The predicted molar refractivity (Wildman–Crippen MR) is 259 cm³/mol. The van der Waals surface area contributed by atoms with Crippen LogP contribution in [0.5, 0.6) is 23.0 Å². The first-order valence-electron chi connectivity index (χ1n) is 21.9. The summed E-state index contributed by atoms with van der Waals surface area (Å²) < 4.78 is 10.2. The Bertz CT molecular complexity index is 1640. The molecule has 0 saturated heterocycles. The van der Waals surface area contributed by atoms with Crippen LogP contribution in [0.4, 0.5) is 9.59 Å². The van der Waals surface area contributed by atoms with E-state index in [4.69, 9.17) is 20.9 Å². The average molecular weight is 1080 g/mol. The number of halogens is 1. The first kappa shape index (κ1) is 61.5. The van der Waals surface area contributed by atoms with Crippen LogP contribution in [0.3, 0.4) is 0 Å². The van der Waals surface area contributed by atoms with Gasteiger partial charge in [-0.05, 0) is 126 Å². The Labute approximate surface area is 396 Å². The van der Waals surface area contributed by atoms with Crippen LogP contribution in [0.15, 0.2) is 71.9 Å². The minimum absolute atomic E-state index is 0. The van der Waals surface area contributed by atoms with Gasteiger partial charge in [0.1, 0.15) is 23.0 Å². The van der Waals surface area contributed by atoms with E-state index in [-0.39, 0.29) is 66.2 Å². The number of rotatable bonds is 14. The Morgan fingerprint density at radius 1 is 0.698 bits per heavy atom. The number of nitrogens with one attached hydrogen (secondary N) is 2. The van der Waals surface area contributed by atoms with Gasteiger partial charge in [0.25, 0.3) is 0 Å². The van der Waals surface area contributed by atoms with E-state index in [1.165, 1.54) is 11.1 Å². The Kier molecular flexibility index (Phi) is 32.2. The molecule has 2 aromatic carbocycles. The Morgan fingerprint density at radius 2 is 1.00 bits per heavy atom. The van der Waals surface area contributed by atoms with Gasteiger partial charge in [0, 0.05) is 23.0 Å². The van der Waals surface area contributed by atoms with Crippen LogP contribution < -0.4 is 9.47 Å². The molecule has 4 atom stereocenters. The van der Waals surface area contributed by atoms with Crippen molar-refractivity contribution in [2.24, 2.45) is 11.8 Å². The molecular formula is C51H79ClN2O8Pt-3. The molecule has 12 heteroatoms. The molecule has 0 heterocycles. The van der Waals surface area contributed by atoms with Crippen LogP contribution in [0.1, 0.15) is 168 Å². The Balaban J connectivity index is 0. The summed E-state index contributed by atoms with van der Waals surface area (Å²) in [5.41, 5.74) is 20.6. The summed E-state index contributed by atoms with van der Waals surface area (Å²) >= 11 is 1.61.